The van der Waals surface area contributed by atoms with Crippen LogP contribution in [0, 0.1) is 5.92 Å². The van der Waals surface area contributed by atoms with Gasteiger partial charge in [-0.05, 0) is 49.7 Å². The molecule has 1 fully saturated rings. The molecule has 0 unspecified atom stereocenters. The highest BCUT2D eigenvalue weighted by Crippen LogP contribution is 2.23. The maximum Gasteiger partial charge on any atom is 0.272 e. The Morgan fingerprint density at radius 2 is 1.75 bits per heavy atom. The van der Waals surface area contributed by atoms with Crippen molar-refractivity contribution in [3.63, 3.8) is 0 Å². The van der Waals surface area contributed by atoms with Gasteiger partial charge < -0.3 is 9.80 Å². The van der Waals surface area contributed by atoms with Gasteiger partial charge in [-0.15, -0.1) is 0 Å². The molecular weight excluding hydrogens is 348 g/mol. The second kappa shape index (κ2) is 10.2. The quantitative estimate of drug-likeness (QED) is 0.689. The van der Waals surface area contributed by atoms with E-state index in [1.807, 2.05) is 4.90 Å². The first-order chi connectivity index (χ1) is 13.7. The van der Waals surface area contributed by atoms with Gasteiger partial charge in [0.1, 0.15) is 5.69 Å². The van der Waals surface area contributed by atoms with Crippen LogP contribution in [0.2, 0.25) is 0 Å². The fraction of sp³-hybridized carbons (Fsp3) is 0.522. The molecule has 0 saturated carbocycles. The van der Waals surface area contributed by atoms with Crippen molar-refractivity contribution in [1.29, 1.82) is 0 Å². The van der Waals surface area contributed by atoms with E-state index >= 15 is 0 Å². The van der Waals surface area contributed by atoms with E-state index in [-0.39, 0.29) is 5.91 Å². The van der Waals surface area contributed by atoms with Gasteiger partial charge >= 0.3 is 0 Å². The smallest absolute Gasteiger partial charge is 0.272 e. The molecule has 0 bridgehead atoms. The lowest BCUT2D eigenvalue weighted by molar-refractivity contribution is 0.0684. The summed E-state index contributed by atoms with van der Waals surface area (Å²) < 4.78 is 0. The molecule has 3 rings (SSSR count). The topological polar surface area (TPSA) is 49.3 Å². The van der Waals surface area contributed by atoms with Gasteiger partial charge in [0.25, 0.3) is 5.91 Å². The van der Waals surface area contributed by atoms with Crippen LogP contribution in [-0.4, -0.2) is 47.0 Å². The van der Waals surface area contributed by atoms with E-state index in [2.05, 4.69) is 59.0 Å². The van der Waals surface area contributed by atoms with Gasteiger partial charge in [0, 0.05) is 32.4 Å². The number of hydrogen-bond donors (Lipinski definition) is 0. The minimum absolute atomic E-state index is 0.0368. The highest BCUT2D eigenvalue weighted by Gasteiger charge is 2.25. The predicted molar refractivity (Wildman–Crippen MR) is 114 cm³/mol. The molecule has 1 aromatic carbocycles. The number of rotatable bonds is 8. The zero-order valence-electron chi connectivity index (χ0n) is 17.2. The van der Waals surface area contributed by atoms with Crippen molar-refractivity contribution in [1.82, 2.24) is 14.9 Å². The van der Waals surface area contributed by atoms with Crippen LogP contribution in [0.1, 0.15) is 55.6 Å². The zero-order valence-corrected chi connectivity index (χ0v) is 17.2. The van der Waals surface area contributed by atoms with Crippen LogP contribution >= 0.6 is 0 Å². The van der Waals surface area contributed by atoms with Gasteiger partial charge in [-0.1, -0.05) is 44.2 Å². The monoisotopic (exact) mass is 380 g/mol. The third-order valence-electron chi connectivity index (χ3n) is 5.40. The molecule has 0 radical (unpaired) electrons. The van der Waals surface area contributed by atoms with Crippen molar-refractivity contribution in [2.75, 3.05) is 31.1 Å². The standard InChI is InChI=1S/C23H32N4O/c1-3-14-27(15-4-2)23-24-13-10-21(25-23)22(28)26-16-11-20(12-17-26)18-19-8-6-5-7-9-19/h5-10,13,20H,3-4,11-12,14-18H2,1-2H3. The fourth-order valence-electron chi connectivity index (χ4n) is 3.92. The summed E-state index contributed by atoms with van der Waals surface area (Å²) in [6.07, 6.45) is 7.00. The molecule has 1 aliphatic heterocycles. The van der Waals surface area contributed by atoms with Gasteiger partial charge in [0.2, 0.25) is 5.95 Å². The Kier molecular flexibility index (Phi) is 7.40. The molecule has 5 heteroatoms. The summed E-state index contributed by atoms with van der Waals surface area (Å²) in [4.78, 5) is 26.1. The summed E-state index contributed by atoms with van der Waals surface area (Å²) in [5.74, 6) is 1.36. The van der Waals surface area contributed by atoms with Crippen molar-refractivity contribution >= 4 is 11.9 Å². The minimum Gasteiger partial charge on any atom is -0.341 e. The Balaban J connectivity index is 1.59. The van der Waals surface area contributed by atoms with Crippen molar-refractivity contribution in [2.24, 2.45) is 5.92 Å². The van der Waals surface area contributed by atoms with Gasteiger partial charge in [-0.25, -0.2) is 9.97 Å². The van der Waals surface area contributed by atoms with Crippen molar-refractivity contribution in [3.8, 4) is 0 Å². The first-order valence-corrected chi connectivity index (χ1v) is 10.6. The van der Waals surface area contributed by atoms with E-state index in [0.717, 1.165) is 58.3 Å². The second-order valence-electron chi connectivity index (χ2n) is 7.65. The van der Waals surface area contributed by atoms with Crippen LogP contribution in [0.4, 0.5) is 5.95 Å². The molecule has 2 aromatic rings. The Labute approximate surface area is 168 Å². The average molecular weight is 381 g/mol. The Bertz CT molecular complexity index is 735. The molecule has 0 atom stereocenters. The molecule has 150 valence electrons. The second-order valence-corrected chi connectivity index (χ2v) is 7.65. The lowest BCUT2D eigenvalue weighted by Gasteiger charge is -2.32. The highest BCUT2D eigenvalue weighted by molar-refractivity contribution is 5.92. The van der Waals surface area contributed by atoms with Crippen molar-refractivity contribution < 1.29 is 4.79 Å². The Morgan fingerprint density at radius 3 is 2.39 bits per heavy atom. The van der Waals surface area contributed by atoms with Crippen LogP contribution < -0.4 is 4.90 Å². The predicted octanol–water partition coefficient (Wildman–Crippen LogP) is 4.20. The summed E-state index contributed by atoms with van der Waals surface area (Å²) in [5, 5.41) is 0. The number of benzene rings is 1. The molecule has 0 N–H and O–H groups in total. The molecule has 2 heterocycles. The number of carbonyl (C=O) groups excluding carboxylic acids is 1. The number of hydrogen-bond acceptors (Lipinski definition) is 4. The van der Waals surface area contributed by atoms with E-state index in [4.69, 9.17) is 0 Å². The zero-order chi connectivity index (χ0) is 19.8. The van der Waals surface area contributed by atoms with Gasteiger partial charge in [0.05, 0.1) is 0 Å². The van der Waals surface area contributed by atoms with Crippen LogP contribution in [-0.2, 0) is 6.42 Å². The summed E-state index contributed by atoms with van der Waals surface area (Å²) in [7, 11) is 0. The number of likely N-dealkylation sites (tertiary alicyclic amines) is 1. The molecule has 1 amide bonds. The first-order valence-electron chi connectivity index (χ1n) is 10.6. The third kappa shape index (κ3) is 5.31. The van der Waals surface area contributed by atoms with E-state index in [1.54, 1.807) is 12.3 Å². The van der Waals surface area contributed by atoms with Crippen molar-refractivity contribution in [3.05, 3.63) is 53.9 Å². The maximum absolute atomic E-state index is 13.0. The van der Waals surface area contributed by atoms with Crippen LogP contribution in [0.3, 0.4) is 0 Å². The number of amides is 1. The van der Waals surface area contributed by atoms with Crippen LogP contribution in [0.15, 0.2) is 42.6 Å². The maximum atomic E-state index is 13.0. The van der Waals surface area contributed by atoms with E-state index in [1.165, 1.54) is 5.56 Å². The summed E-state index contributed by atoms with van der Waals surface area (Å²) in [5.41, 5.74) is 1.91. The van der Waals surface area contributed by atoms with E-state index in [0.29, 0.717) is 17.6 Å². The molecule has 1 aliphatic rings. The SMILES string of the molecule is CCCN(CCC)c1nccc(C(=O)N2CCC(Cc3ccccc3)CC2)n1. The molecule has 5 nitrogen and oxygen atoms in total. The lowest BCUT2D eigenvalue weighted by Crippen LogP contribution is -2.39. The molecule has 28 heavy (non-hydrogen) atoms. The largest absolute Gasteiger partial charge is 0.341 e. The summed E-state index contributed by atoms with van der Waals surface area (Å²) >= 11 is 0. The van der Waals surface area contributed by atoms with E-state index < -0.39 is 0 Å². The number of aromatic nitrogens is 2. The highest BCUT2D eigenvalue weighted by atomic mass is 16.2. The summed E-state index contributed by atoms with van der Waals surface area (Å²) in [6.45, 7) is 7.74. The third-order valence-corrected chi connectivity index (χ3v) is 5.40. The lowest BCUT2D eigenvalue weighted by atomic mass is 9.90. The van der Waals surface area contributed by atoms with E-state index in [9.17, 15) is 4.79 Å². The molecule has 0 spiro atoms. The Hall–Kier alpha value is -2.43. The average Bonchev–Trinajstić information content (AvgIpc) is 2.74. The Morgan fingerprint density at radius 1 is 1.07 bits per heavy atom. The number of piperidine rings is 1. The molecule has 1 saturated heterocycles. The van der Waals surface area contributed by atoms with Gasteiger partial charge in [-0.3, -0.25) is 4.79 Å². The molecule has 0 aliphatic carbocycles. The molecular formula is C23H32N4O. The number of carbonyl (C=O) groups is 1. The van der Waals surface area contributed by atoms with Crippen LogP contribution in [0.5, 0.6) is 0 Å². The van der Waals surface area contributed by atoms with Gasteiger partial charge in [-0.2, -0.15) is 0 Å². The number of nitrogens with zero attached hydrogens (tertiary/aromatic N) is 4. The normalized spacial score (nSPS) is 14.9. The fourth-order valence-corrected chi connectivity index (χ4v) is 3.92. The number of anilines is 1. The van der Waals surface area contributed by atoms with Crippen LogP contribution in [0.25, 0.3) is 0 Å². The summed E-state index contributed by atoms with van der Waals surface area (Å²) in [6, 6.07) is 12.4. The minimum atomic E-state index is 0.0368. The van der Waals surface area contributed by atoms with Gasteiger partial charge in [0.15, 0.2) is 0 Å². The molecule has 1 aromatic heterocycles. The van der Waals surface area contributed by atoms with Crippen molar-refractivity contribution in [2.45, 2.75) is 46.0 Å². The first kappa shape index (κ1) is 20.3.